The fourth-order valence-electron chi connectivity index (χ4n) is 7.55. The van der Waals surface area contributed by atoms with Crippen molar-refractivity contribution in [2.45, 2.75) is 64.4 Å². The number of aryl methyl sites for hydroxylation is 1. The van der Waals surface area contributed by atoms with E-state index >= 15 is 0 Å². The van der Waals surface area contributed by atoms with Crippen LogP contribution in [0.25, 0.3) is 17.5 Å². The van der Waals surface area contributed by atoms with Crippen LogP contribution in [0.15, 0.2) is 60.9 Å². The molecule has 38 heavy (non-hydrogen) atoms. The van der Waals surface area contributed by atoms with E-state index in [1.165, 1.54) is 55.7 Å². The van der Waals surface area contributed by atoms with E-state index in [2.05, 4.69) is 53.3 Å². The second-order valence-electron chi connectivity index (χ2n) is 11.6. The molecule has 0 amide bonds. The van der Waals surface area contributed by atoms with E-state index in [4.69, 9.17) is 9.47 Å². The highest BCUT2D eigenvalue weighted by atomic mass is 16.5. The molecule has 4 fully saturated rings. The minimum Gasteiger partial charge on any atom is -0.489 e. The van der Waals surface area contributed by atoms with Gasteiger partial charge in [-0.15, -0.1) is 0 Å². The molecule has 3 aromatic rings. The molecule has 4 saturated carbocycles. The lowest BCUT2D eigenvalue weighted by atomic mass is 9.48. The summed E-state index contributed by atoms with van der Waals surface area (Å²) in [6.07, 6.45) is 14.6. The van der Waals surface area contributed by atoms with Crippen molar-refractivity contribution in [3.8, 4) is 17.1 Å². The number of hydrogen-bond acceptors (Lipinski definition) is 5. The van der Waals surface area contributed by atoms with Crippen LogP contribution in [0.5, 0.6) is 5.75 Å². The average Bonchev–Trinajstić information content (AvgIpc) is 2.91. The quantitative estimate of drug-likeness (QED) is 0.240. The van der Waals surface area contributed by atoms with E-state index < -0.39 is 0 Å². The van der Waals surface area contributed by atoms with Crippen molar-refractivity contribution in [1.82, 2.24) is 9.97 Å². The SMILES string of the molecule is CCOC(=O)C=Cc1cnc(-c2cc(C34CC5CC(CC(C5)C3)C4)c(OCc3ccccc3)cc2C)nc1. The molecule has 0 radical (unpaired) electrons. The van der Waals surface area contributed by atoms with Crippen molar-refractivity contribution in [1.29, 1.82) is 0 Å². The Bertz CT molecular complexity index is 1300. The Morgan fingerprint density at radius 2 is 1.66 bits per heavy atom. The first kappa shape index (κ1) is 24.8. The van der Waals surface area contributed by atoms with Crippen LogP contribution in [0, 0.1) is 24.7 Å². The van der Waals surface area contributed by atoms with E-state index in [-0.39, 0.29) is 11.4 Å². The predicted molar refractivity (Wildman–Crippen MR) is 148 cm³/mol. The summed E-state index contributed by atoms with van der Waals surface area (Å²) < 4.78 is 11.6. The maximum absolute atomic E-state index is 11.7. The van der Waals surface area contributed by atoms with Crippen molar-refractivity contribution < 1.29 is 14.3 Å². The highest BCUT2D eigenvalue weighted by Crippen LogP contribution is 2.62. The highest BCUT2D eigenvalue weighted by Gasteiger charge is 2.52. The second-order valence-corrected chi connectivity index (χ2v) is 11.6. The van der Waals surface area contributed by atoms with Gasteiger partial charge in [0, 0.05) is 35.2 Å². The van der Waals surface area contributed by atoms with Gasteiger partial charge in [0.1, 0.15) is 12.4 Å². The molecule has 0 N–H and O–H groups in total. The van der Waals surface area contributed by atoms with Crippen LogP contribution in [0.1, 0.15) is 67.7 Å². The molecular formula is C33H36N2O3. The number of aromatic nitrogens is 2. The summed E-state index contributed by atoms with van der Waals surface area (Å²) in [5.41, 5.74) is 5.65. The molecule has 0 aliphatic heterocycles. The number of ether oxygens (including phenoxy) is 2. The van der Waals surface area contributed by atoms with Crippen LogP contribution in [0.2, 0.25) is 0 Å². The number of hydrogen-bond donors (Lipinski definition) is 0. The molecule has 4 aliphatic carbocycles. The van der Waals surface area contributed by atoms with E-state index in [0.717, 1.165) is 40.2 Å². The number of carbonyl (C=O) groups excluding carboxylic acids is 1. The third kappa shape index (κ3) is 4.99. The molecule has 5 heteroatoms. The lowest BCUT2D eigenvalue weighted by molar-refractivity contribution is -0.137. The fourth-order valence-corrected chi connectivity index (χ4v) is 7.55. The van der Waals surface area contributed by atoms with Crippen molar-refractivity contribution in [3.05, 3.63) is 83.2 Å². The largest absolute Gasteiger partial charge is 0.489 e. The van der Waals surface area contributed by atoms with Crippen molar-refractivity contribution in [2.24, 2.45) is 17.8 Å². The van der Waals surface area contributed by atoms with E-state index in [1.807, 2.05) is 6.07 Å². The van der Waals surface area contributed by atoms with Gasteiger partial charge in [-0.2, -0.15) is 0 Å². The molecule has 5 nitrogen and oxygen atoms in total. The highest BCUT2D eigenvalue weighted by molar-refractivity contribution is 5.86. The molecular weight excluding hydrogens is 472 g/mol. The number of nitrogens with zero attached hydrogens (tertiary/aromatic N) is 2. The van der Waals surface area contributed by atoms with Crippen LogP contribution in [-0.4, -0.2) is 22.5 Å². The van der Waals surface area contributed by atoms with Crippen LogP contribution < -0.4 is 4.74 Å². The van der Waals surface area contributed by atoms with Gasteiger partial charge in [-0.25, -0.2) is 14.8 Å². The topological polar surface area (TPSA) is 61.3 Å². The summed E-state index contributed by atoms with van der Waals surface area (Å²) in [4.78, 5) is 21.0. The van der Waals surface area contributed by atoms with Crippen molar-refractivity contribution >= 4 is 12.0 Å². The Kier molecular flexibility index (Phi) is 6.77. The van der Waals surface area contributed by atoms with Crippen molar-refractivity contribution in [3.63, 3.8) is 0 Å². The number of rotatable bonds is 8. The zero-order chi connectivity index (χ0) is 26.1. The molecule has 4 aliphatic rings. The normalized spacial score (nSPS) is 25.6. The standard InChI is InChI=1S/C33H36N2O3/c1-3-37-31(36)10-9-24-19-34-32(35-20-24)28-15-29(33-16-25-12-26(17-33)14-27(13-25)18-33)30(11-22(28)2)38-21-23-7-5-4-6-8-23/h4-11,15,19-20,25-27H,3,12-14,16-18,21H2,1-2H3. The maximum Gasteiger partial charge on any atom is 0.330 e. The first-order chi connectivity index (χ1) is 18.5. The van der Waals surface area contributed by atoms with E-state index in [9.17, 15) is 4.79 Å². The van der Waals surface area contributed by atoms with E-state index in [1.54, 1.807) is 25.4 Å². The Morgan fingerprint density at radius 3 is 2.29 bits per heavy atom. The maximum atomic E-state index is 11.7. The average molecular weight is 509 g/mol. The lowest BCUT2D eigenvalue weighted by Gasteiger charge is -2.57. The smallest absolute Gasteiger partial charge is 0.330 e. The summed E-state index contributed by atoms with van der Waals surface area (Å²) in [7, 11) is 0. The summed E-state index contributed by atoms with van der Waals surface area (Å²) in [6.45, 7) is 4.83. The van der Waals surface area contributed by atoms with Gasteiger partial charge in [-0.05, 0) is 105 Å². The molecule has 0 spiro atoms. The van der Waals surface area contributed by atoms with Gasteiger partial charge < -0.3 is 9.47 Å². The Morgan fingerprint density at radius 1 is 1.00 bits per heavy atom. The zero-order valence-corrected chi connectivity index (χ0v) is 22.4. The molecule has 0 unspecified atom stereocenters. The van der Waals surface area contributed by atoms with E-state index in [0.29, 0.717) is 19.0 Å². The fraction of sp³-hybridized carbons (Fsp3) is 0.424. The number of benzene rings is 2. The lowest BCUT2D eigenvalue weighted by Crippen LogP contribution is -2.48. The molecule has 196 valence electrons. The summed E-state index contributed by atoms with van der Waals surface area (Å²) in [5.74, 6) is 3.89. The molecule has 1 heterocycles. The summed E-state index contributed by atoms with van der Waals surface area (Å²) in [6, 6.07) is 15.0. The van der Waals surface area contributed by atoms with Gasteiger partial charge in [0.25, 0.3) is 0 Å². The Balaban J connectivity index is 1.34. The minimum atomic E-state index is -0.362. The number of esters is 1. The van der Waals surface area contributed by atoms with Crippen molar-refractivity contribution in [2.75, 3.05) is 6.61 Å². The number of carbonyl (C=O) groups is 1. The monoisotopic (exact) mass is 508 g/mol. The first-order valence-electron chi connectivity index (χ1n) is 14.0. The van der Waals surface area contributed by atoms with Crippen LogP contribution in [0.3, 0.4) is 0 Å². The van der Waals surface area contributed by atoms with Gasteiger partial charge in [0.05, 0.1) is 6.61 Å². The third-order valence-corrected chi connectivity index (χ3v) is 8.78. The van der Waals surface area contributed by atoms with Crippen LogP contribution >= 0.6 is 0 Å². The Labute approximate surface area is 225 Å². The van der Waals surface area contributed by atoms with Crippen LogP contribution in [-0.2, 0) is 21.6 Å². The Hall–Kier alpha value is -3.47. The molecule has 4 bridgehead atoms. The zero-order valence-electron chi connectivity index (χ0n) is 22.4. The van der Waals surface area contributed by atoms with Gasteiger partial charge >= 0.3 is 5.97 Å². The van der Waals surface area contributed by atoms with Gasteiger partial charge in [0.15, 0.2) is 5.82 Å². The molecule has 2 aromatic carbocycles. The van der Waals surface area contributed by atoms with Gasteiger partial charge in [-0.1, -0.05) is 30.3 Å². The van der Waals surface area contributed by atoms with Crippen LogP contribution in [0.4, 0.5) is 0 Å². The molecule has 0 saturated heterocycles. The molecule has 0 atom stereocenters. The van der Waals surface area contributed by atoms with Gasteiger partial charge in [-0.3, -0.25) is 0 Å². The third-order valence-electron chi connectivity index (χ3n) is 8.78. The summed E-state index contributed by atoms with van der Waals surface area (Å²) in [5, 5.41) is 0. The second kappa shape index (κ2) is 10.4. The summed E-state index contributed by atoms with van der Waals surface area (Å²) >= 11 is 0. The first-order valence-corrected chi connectivity index (χ1v) is 14.0. The predicted octanol–water partition coefficient (Wildman–Crippen LogP) is 7.08. The molecule has 1 aromatic heterocycles. The minimum absolute atomic E-state index is 0.186. The van der Waals surface area contributed by atoms with Gasteiger partial charge in [0.2, 0.25) is 0 Å². The molecule has 7 rings (SSSR count).